The topological polar surface area (TPSA) is 87.9 Å². The summed E-state index contributed by atoms with van der Waals surface area (Å²) in [5.41, 5.74) is 2.52. The first-order valence-corrected chi connectivity index (χ1v) is 11.4. The van der Waals surface area contributed by atoms with Gasteiger partial charge in [0.05, 0.1) is 13.3 Å². The van der Waals surface area contributed by atoms with Crippen molar-refractivity contribution in [1.82, 2.24) is 20.1 Å². The molecule has 2 amide bonds. The van der Waals surface area contributed by atoms with Crippen LogP contribution in [0.25, 0.3) is 11.3 Å². The van der Waals surface area contributed by atoms with E-state index in [1.54, 1.807) is 13.3 Å². The normalized spacial score (nSPS) is 14.1. The number of methoxy groups -OCH3 is 1. The minimum Gasteiger partial charge on any atom is -0.497 e. The van der Waals surface area contributed by atoms with Gasteiger partial charge in [-0.3, -0.25) is 9.59 Å². The van der Waals surface area contributed by atoms with Gasteiger partial charge in [-0.25, -0.2) is 4.98 Å². The molecule has 8 heteroatoms. The van der Waals surface area contributed by atoms with Crippen LogP contribution >= 0.6 is 0 Å². The van der Waals surface area contributed by atoms with Crippen molar-refractivity contribution in [3.8, 4) is 17.1 Å². The monoisotopic (exact) mass is 462 g/mol. The fourth-order valence-corrected chi connectivity index (χ4v) is 3.78. The van der Waals surface area contributed by atoms with Gasteiger partial charge in [0.25, 0.3) is 5.91 Å². The molecule has 0 unspecified atom stereocenters. The van der Waals surface area contributed by atoms with Gasteiger partial charge < -0.3 is 24.3 Å². The van der Waals surface area contributed by atoms with Crippen LogP contribution in [0.1, 0.15) is 28.2 Å². The van der Waals surface area contributed by atoms with Crippen LogP contribution in [-0.4, -0.2) is 66.9 Å². The number of aryl methyl sites for hydroxylation is 1. The number of carbonyl (C=O) groups is 2. The van der Waals surface area contributed by atoms with Crippen molar-refractivity contribution in [3.05, 3.63) is 71.7 Å². The maximum Gasteiger partial charge on any atom is 0.253 e. The first-order chi connectivity index (χ1) is 16.5. The van der Waals surface area contributed by atoms with E-state index in [2.05, 4.69) is 22.2 Å². The van der Waals surface area contributed by atoms with Gasteiger partial charge >= 0.3 is 0 Å². The number of nitrogens with zero attached hydrogens (tertiary/aromatic N) is 3. The van der Waals surface area contributed by atoms with Crippen molar-refractivity contribution < 1.29 is 18.7 Å². The van der Waals surface area contributed by atoms with Gasteiger partial charge in [-0.1, -0.05) is 12.1 Å². The summed E-state index contributed by atoms with van der Waals surface area (Å²) in [5.74, 6) is 1.93. The Morgan fingerprint density at radius 1 is 1.03 bits per heavy atom. The Morgan fingerprint density at radius 3 is 2.41 bits per heavy atom. The molecule has 1 N–H and O–H groups in total. The average molecular weight is 463 g/mol. The summed E-state index contributed by atoms with van der Waals surface area (Å²) in [7, 11) is 3.69. The molecule has 0 radical (unpaired) electrons. The number of carbonyl (C=O) groups excluding carboxylic acids is 2. The molecule has 34 heavy (non-hydrogen) atoms. The third kappa shape index (κ3) is 6.02. The molecule has 1 saturated heterocycles. The second kappa shape index (κ2) is 11.0. The number of hydrogen-bond acceptors (Lipinski definition) is 6. The van der Waals surface area contributed by atoms with Crippen molar-refractivity contribution in [1.29, 1.82) is 0 Å². The fourth-order valence-electron chi connectivity index (χ4n) is 3.78. The molecule has 178 valence electrons. The zero-order valence-electron chi connectivity index (χ0n) is 19.6. The van der Waals surface area contributed by atoms with E-state index in [1.807, 2.05) is 53.4 Å². The van der Waals surface area contributed by atoms with Crippen LogP contribution in [0.15, 0.2) is 59.1 Å². The van der Waals surface area contributed by atoms with E-state index in [-0.39, 0.29) is 18.2 Å². The third-order valence-electron chi connectivity index (χ3n) is 5.98. The second-order valence-electron chi connectivity index (χ2n) is 8.42. The zero-order chi connectivity index (χ0) is 23.9. The van der Waals surface area contributed by atoms with E-state index in [4.69, 9.17) is 9.15 Å². The summed E-state index contributed by atoms with van der Waals surface area (Å²) >= 11 is 0. The third-order valence-corrected chi connectivity index (χ3v) is 5.98. The van der Waals surface area contributed by atoms with Crippen LogP contribution in [0.4, 0.5) is 0 Å². The highest BCUT2D eigenvalue weighted by Gasteiger charge is 2.20. The first-order valence-electron chi connectivity index (χ1n) is 11.4. The Bertz CT molecular complexity index is 1100. The van der Waals surface area contributed by atoms with Crippen LogP contribution in [0, 0.1) is 0 Å². The largest absolute Gasteiger partial charge is 0.497 e. The number of nitrogens with one attached hydrogen (secondary N) is 1. The minimum absolute atomic E-state index is 0.0589. The molecule has 0 aliphatic carbocycles. The number of benzene rings is 2. The van der Waals surface area contributed by atoms with Gasteiger partial charge in [-0.15, -0.1) is 0 Å². The lowest BCUT2D eigenvalue weighted by Gasteiger charge is -2.32. The molecule has 1 fully saturated rings. The molecule has 3 aromatic rings. The Morgan fingerprint density at radius 2 is 1.74 bits per heavy atom. The predicted octanol–water partition coefficient (Wildman–Crippen LogP) is 2.99. The van der Waals surface area contributed by atoms with Crippen LogP contribution < -0.4 is 10.1 Å². The van der Waals surface area contributed by atoms with Crippen molar-refractivity contribution >= 4 is 11.8 Å². The maximum atomic E-state index is 12.6. The number of piperazine rings is 1. The molecule has 0 saturated carbocycles. The number of likely N-dealkylation sites (N-methyl/N-ethyl adjacent to an activating group) is 1. The SMILES string of the molecule is COc1ccc(-c2cnc(CCC(=O)NCc3ccc(C(=O)N4CCN(C)CC4)cc3)o2)cc1. The Kier molecular flexibility index (Phi) is 7.59. The van der Waals surface area contributed by atoms with Gasteiger partial charge in [0, 0.05) is 56.7 Å². The number of hydrogen-bond donors (Lipinski definition) is 1. The summed E-state index contributed by atoms with van der Waals surface area (Å²) < 4.78 is 10.9. The summed E-state index contributed by atoms with van der Waals surface area (Å²) in [6, 6.07) is 15.0. The van der Waals surface area contributed by atoms with Gasteiger partial charge in [0.15, 0.2) is 11.7 Å². The molecule has 1 aliphatic rings. The summed E-state index contributed by atoms with van der Waals surface area (Å²) in [6.07, 6.45) is 2.36. The predicted molar refractivity (Wildman–Crippen MR) is 129 cm³/mol. The molecule has 1 aromatic heterocycles. The van der Waals surface area contributed by atoms with E-state index in [0.717, 1.165) is 43.1 Å². The molecule has 0 atom stereocenters. The highest BCUT2D eigenvalue weighted by atomic mass is 16.5. The minimum atomic E-state index is -0.0817. The van der Waals surface area contributed by atoms with E-state index in [1.165, 1.54) is 0 Å². The number of rotatable bonds is 8. The Hall–Kier alpha value is -3.65. The molecule has 8 nitrogen and oxygen atoms in total. The van der Waals surface area contributed by atoms with Crippen LogP contribution in [-0.2, 0) is 17.8 Å². The number of ether oxygens (including phenoxy) is 1. The number of oxazole rings is 1. The Labute approximate surface area is 199 Å². The van der Waals surface area contributed by atoms with E-state index >= 15 is 0 Å². The number of amides is 2. The molecule has 2 aromatic carbocycles. The smallest absolute Gasteiger partial charge is 0.253 e. The lowest BCUT2D eigenvalue weighted by molar-refractivity contribution is -0.121. The summed E-state index contributed by atoms with van der Waals surface area (Å²) in [6.45, 7) is 3.70. The van der Waals surface area contributed by atoms with Crippen molar-refractivity contribution in [2.24, 2.45) is 0 Å². The fraction of sp³-hybridized carbons (Fsp3) is 0.346. The van der Waals surface area contributed by atoms with Gasteiger partial charge in [0.2, 0.25) is 5.91 Å². The van der Waals surface area contributed by atoms with Crippen molar-refractivity contribution in [2.45, 2.75) is 19.4 Å². The van der Waals surface area contributed by atoms with Crippen molar-refractivity contribution in [2.75, 3.05) is 40.3 Å². The highest BCUT2D eigenvalue weighted by Crippen LogP contribution is 2.23. The van der Waals surface area contributed by atoms with Gasteiger partial charge in [0.1, 0.15) is 5.75 Å². The molecule has 0 spiro atoms. The maximum absolute atomic E-state index is 12.6. The first kappa shape index (κ1) is 23.5. The molecule has 1 aliphatic heterocycles. The summed E-state index contributed by atoms with van der Waals surface area (Å²) in [5, 5.41) is 2.91. The lowest BCUT2D eigenvalue weighted by Crippen LogP contribution is -2.47. The molecule has 0 bridgehead atoms. The summed E-state index contributed by atoms with van der Waals surface area (Å²) in [4.78, 5) is 33.3. The average Bonchev–Trinajstić information content (AvgIpc) is 3.36. The highest BCUT2D eigenvalue weighted by molar-refractivity contribution is 5.94. The van der Waals surface area contributed by atoms with Gasteiger partial charge in [-0.2, -0.15) is 0 Å². The number of aromatic nitrogens is 1. The quantitative estimate of drug-likeness (QED) is 0.554. The Balaban J connectivity index is 1.22. The van der Waals surface area contributed by atoms with Crippen LogP contribution in [0.5, 0.6) is 5.75 Å². The standard InChI is InChI=1S/C26H30N4O4/c1-29-13-15-30(16-14-29)26(32)21-5-3-19(4-6-21)17-27-24(31)11-12-25-28-18-23(34-25)20-7-9-22(33-2)10-8-20/h3-10,18H,11-17H2,1-2H3,(H,27,31). The zero-order valence-corrected chi connectivity index (χ0v) is 19.6. The van der Waals surface area contributed by atoms with E-state index < -0.39 is 0 Å². The van der Waals surface area contributed by atoms with Crippen molar-refractivity contribution in [3.63, 3.8) is 0 Å². The molecule has 4 rings (SSSR count). The van der Waals surface area contributed by atoms with Crippen LogP contribution in [0.2, 0.25) is 0 Å². The lowest BCUT2D eigenvalue weighted by atomic mass is 10.1. The molecular formula is C26H30N4O4. The van der Waals surface area contributed by atoms with Gasteiger partial charge in [-0.05, 0) is 49.0 Å². The van der Waals surface area contributed by atoms with E-state index in [0.29, 0.717) is 30.2 Å². The second-order valence-corrected chi connectivity index (χ2v) is 8.42. The molecule has 2 heterocycles. The molecular weight excluding hydrogens is 432 g/mol. The van der Waals surface area contributed by atoms with Crippen LogP contribution in [0.3, 0.4) is 0 Å². The van der Waals surface area contributed by atoms with E-state index in [9.17, 15) is 9.59 Å².